The molecule has 1 N–H and O–H groups in total. The van der Waals surface area contributed by atoms with Gasteiger partial charge in [-0.05, 0) is 47.4 Å². The van der Waals surface area contributed by atoms with Crippen LogP contribution in [0.5, 0.6) is 0 Å². The minimum atomic E-state index is -0.381. The van der Waals surface area contributed by atoms with Gasteiger partial charge in [0.05, 0.1) is 18.8 Å². The first kappa shape index (κ1) is 22.6. The van der Waals surface area contributed by atoms with Crippen LogP contribution in [0.2, 0.25) is 0 Å². The molecule has 0 amide bonds. The summed E-state index contributed by atoms with van der Waals surface area (Å²) in [6.07, 6.45) is 1.84. The third-order valence-corrected chi connectivity index (χ3v) is 5.88. The molecule has 2 heteroatoms. The van der Waals surface area contributed by atoms with Crippen molar-refractivity contribution in [1.82, 2.24) is 0 Å². The predicted octanol–water partition coefficient (Wildman–Crippen LogP) is 6.44. The number of rotatable bonds is 10. The smallest absolute Gasteiger partial charge is 0.0764 e. The largest absolute Gasteiger partial charge is 0.394 e. The Morgan fingerprint density at radius 1 is 0.857 bits per heavy atom. The molecule has 0 aliphatic carbocycles. The van der Waals surface area contributed by atoms with Crippen LogP contribution in [0.3, 0.4) is 0 Å². The highest BCUT2D eigenvalue weighted by Crippen LogP contribution is 2.41. The maximum absolute atomic E-state index is 9.48. The molecule has 2 rings (SSSR count). The van der Waals surface area contributed by atoms with Crippen molar-refractivity contribution in [3.8, 4) is 0 Å². The lowest BCUT2D eigenvalue weighted by Gasteiger charge is -2.40. The maximum Gasteiger partial charge on any atom is 0.0764 e. The molecule has 0 radical (unpaired) electrons. The molecule has 0 bridgehead atoms. The lowest BCUT2D eigenvalue weighted by atomic mass is 9.74. The van der Waals surface area contributed by atoms with E-state index in [0.29, 0.717) is 18.4 Å². The molecule has 154 valence electrons. The summed E-state index contributed by atoms with van der Waals surface area (Å²) < 4.78 is 6.41. The van der Waals surface area contributed by atoms with E-state index >= 15 is 0 Å². The standard InChI is InChI=1S/C26H38O2/c1-7-25(24-15-11-10-14-23(24)20(4)5)26(6,28-17-16-27)18-21-12-8-9-13-22(21)19(2)3/h8-15,19-20,25,27H,7,16-18H2,1-6H3. The van der Waals surface area contributed by atoms with Crippen molar-refractivity contribution in [3.63, 3.8) is 0 Å². The first-order valence-corrected chi connectivity index (χ1v) is 10.8. The first-order valence-electron chi connectivity index (χ1n) is 10.8. The molecule has 0 spiro atoms. The van der Waals surface area contributed by atoms with Gasteiger partial charge in [0.1, 0.15) is 0 Å². The number of hydrogen-bond acceptors (Lipinski definition) is 2. The SMILES string of the molecule is CCC(c1ccccc1C(C)C)C(C)(Cc1ccccc1C(C)C)OCCO. The summed E-state index contributed by atoms with van der Waals surface area (Å²) in [5, 5.41) is 9.48. The minimum Gasteiger partial charge on any atom is -0.394 e. The van der Waals surface area contributed by atoms with Gasteiger partial charge in [0, 0.05) is 12.3 Å². The minimum absolute atomic E-state index is 0.0453. The fraction of sp³-hybridized carbons (Fsp3) is 0.538. The molecule has 0 aliphatic heterocycles. The van der Waals surface area contributed by atoms with Crippen molar-refractivity contribution < 1.29 is 9.84 Å². The van der Waals surface area contributed by atoms with Gasteiger partial charge in [0.15, 0.2) is 0 Å². The second-order valence-corrected chi connectivity index (χ2v) is 8.66. The van der Waals surface area contributed by atoms with Crippen LogP contribution in [0.25, 0.3) is 0 Å². The number of aliphatic hydroxyl groups is 1. The van der Waals surface area contributed by atoms with Gasteiger partial charge in [0.2, 0.25) is 0 Å². The van der Waals surface area contributed by atoms with Gasteiger partial charge in [-0.2, -0.15) is 0 Å². The second-order valence-electron chi connectivity index (χ2n) is 8.66. The van der Waals surface area contributed by atoms with Crippen LogP contribution in [0.15, 0.2) is 48.5 Å². The normalized spacial score (nSPS) is 15.0. The molecule has 2 unspecified atom stereocenters. The first-order chi connectivity index (χ1) is 13.3. The third kappa shape index (κ3) is 5.24. The summed E-state index contributed by atoms with van der Waals surface area (Å²) in [5.41, 5.74) is 5.12. The van der Waals surface area contributed by atoms with Crippen LogP contribution in [-0.2, 0) is 11.2 Å². The highest BCUT2D eigenvalue weighted by atomic mass is 16.5. The lowest BCUT2D eigenvalue weighted by molar-refractivity contribution is -0.0645. The number of benzene rings is 2. The molecule has 0 fully saturated rings. The van der Waals surface area contributed by atoms with Crippen LogP contribution in [0, 0.1) is 0 Å². The molecule has 2 aromatic carbocycles. The molecule has 0 saturated heterocycles. The van der Waals surface area contributed by atoms with Crippen LogP contribution >= 0.6 is 0 Å². The zero-order valence-electron chi connectivity index (χ0n) is 18.5. The Morgan fingerprint density at radius 3 is 1.93 bits per heavy atom. The van der Waals surface area contributed by atoms with Gasteiger partial charge in [-0.25, -0.2) is 0 Å². The van der Waals surface area contributed by atoms with Gasteiger partial charge >= 0.3 is 0 Å². The van der Waals surface area contributed by atoms with Gasteiger partial charge in [-0.3, -0.25) is 0 Å². The average Bonchev–Trinajstić information content (AvgIpc) is 2.67. The molecular formula is C26H38O2. The van der Waals surface area contributed by atoms with Gasteiger partial charge in [-0.15, -0.1) is 0 Å². The molecule has 2 atom stereocenters. The fourth-order valence-corrected chi connectivity index (χ4v) is 4.52. The van der Waals surface area contributed by atoms with E-state index in [2.05, 4.69) is 90.1 Å². The highest BCUT2D eigenvalue weighted by molar-refractivity contribution is 5.37. The van der Waals surface area contributed by atoms with E-state index in [1.165, 1.54) is 22.3 Å². The quantitative estimate of drug-likeness (QED) is 0.512. The van der Waals surface area contributed by atoms with Crippen LogP contribution in [-0.4, -0.2) is 23.9 Å². The molecule has 28 heavy (non-hydrogen) atoms. The molecule has 2 nitrogen and oxygen atoms in total. The van der Waals surface area contributed by atoms with Crippen molar-refractivity contribution in [2.75, 3.05) is 13.2 Å². The van der Waals surface area contributed by atoms with Gasteiger partial charge in [0.25, 0.3) is 0 Å². The second kappa shape index (κ2) is 10.2. The fourth-order valence-electron chi connectivity index (χ4n) is 4.52. The van der Waals surface area contributed by atoms with E-state index in [1.54, 1.807) is 0 Å². The van der Waals surface area contributed by atoms with E-state index in [1.807, 2.05) is 0 Å². The Bertz CT molecular complexity index is 735. The van der Waals surface area contributed by atoms with E-state index in [9.17, 15) is 5.11 Å². The Kier molecular flexibility index (Phi) is 8.27. The molecule has 0 aromatic heterocycles. The topological polar surface area (TPSA) is 29.5 Å². The monoisotopic (exact) mass is 382 g/mol. The van der Waals surface area contributed by atoms with Crippen molar-refractivity contribution in [2.24, 2.45) is 0 Å². The summed E-state index contributed by atoms with van der Waals surface area (Å²) in [4.78, 5) is 0. The lowest BCUT2D eigenvalue weighted by Crippen LogP contribution is -2.40. The Balaban J connectivity index is 2.51. The van der Waals surface area contributed by atoms with E-state index < -0.39 is 0 Å². The summed E-state index contributed by atoms with van der Waals surface area (Å²) in [5.74, 6) is 1.20. The predicted molar refractivity (Wildman–Crippen MR) is 119 cm³/mol. The molecule has 0 saturated carbocycles. The summed E-state index contributed by atoms with van der Waals surface area (Å²) in [7, 11) is 0. The van der Waals surface area contributed by atoms with Crippen molar-refractivity contribution in [2.45, 2.75) is 77.7 Å². The van der Waals surface area contributed by atoms with Gasteiger partial charge < -0.3 is 9.84 Å². The molecule has 0 heterocycles. The zero-order valence-corrected chi connectivity index (χ0v) is 18.5. The maximum atomic E-state index is 9.48. The Hall–Kier alpha value is -1.64. The summed E-state index contributed by atoms with van der Waals surface area (Å²) >= 11 is 0. The van der Waals surface area contributed by atoms with E-state index in [0.717, 1.165) is 12.8 Å². The van der Waals surface area contributed by atoms with Crippen molar-refractivity contribution in [3.05, 3.63) is 70.8 Å². The highest BCUT2D eigenvalue weighted by Gasteiger charge is 2.37. The molecule has 2 aromatic rings. The zero-order chi connectivity index (χ0) is 20.7. The Morgan fingerprint density at radius 2 is 1.39 bits per heavy atom. The third-order valence-electron chi connectivity index (χ3n) is 5.88. The molecule has 0 aliphatic rings. The summed E-state index contributed by atoms with van der Waals surface area (Å²) in [6, 6.07) is 17.5. The number of aliphatic hydroxyl groups excluding tert-OH is 1. The van der Waals surface area contributed by atoms with E-state index in [4.69, 9.17) is 4.74 Å². The average molecular weight is 383 g/mol. The number of hydrogen-bond donors (Lipinski definition) is 1. The van der Waals surface area contributed by atoms with Gasteiger partial charge in [-0.1, -0.05) is 83.1 Å². The van der Waals surface area contributed by atoms with Crippen LogP contribution in [0.4, 0.5) is 0 Å². The number of ether oxygens (including phenoxy) is 1. The van der Waals surface area contributed by atoms with Crippen molar-refractivity contribution in [1.29, 1.82) is 0 Å². The Labute approximate surface area is 172 Å². The van der Waals surface area contributed by atoms with Crippen molar-refractivity contribution >= 4 is 0 Å². The summed E-state index contributed by atoms with van der Waals surface area (Å²) in [6.45, 7) is 13.9. The van der Waals surface area contributed by atoms with E-state index in [-0.39, 0.29) is 18.1 Å². The molecular weight excluding hydrogens is 344 g/mol. The van der Waals surface area contributed by atoms with Crippen LogP contribution in [0.1, 0.15) is 88.0 Å². The van der Waals surface area contributed by atoms with Crippen LogP contribution < -0.4 is 0 Å².